The number of carbonyl (C=O) groups is 2. The third-order valence-electron chi connectivity index (χ3n) is 4.10. The zero-order valence-electron chi connectivity index (χ0n) is 15.3. The SMILES string of the molecule is CC(=O)Nc1cccc(C(=O)OCc2ccc(-c3ccccc3C#N)cc2)c1. The Kier molecular flexibility index (Phi) is 5.83. The Morgan fingerprint density at radius 1 is 1.00 bits per heavy atom. The van der Waals surface area contributed by atoms with Gasteiger partial charge in [-0.1, -0.05) is 48.5 Å². The summed E-state index contributed by atoms with van der Waals surface area (Å²) in [5.74, 6) is -0.672. The molecule has 3 aromatic carbocycles. The molecule has 0 heterocycles. The average molecular weight is 370 g/mol. The van der Waals surface area contributed by atoms with Crippen molar-refractivity contribution in [1.29, 1.82) is 5.26 Å². The van der Waals surface area contributed by atoms with Crippen LogP contribution in [0.15, 0.2) is 72.8 Å². The molecule has 1 N–H and O–H groups in total. The summed E-state index contributed by atoms with van der Waals surface area (Å²) in [4.78, 5) is 23.4. The second kappa shape index (κ2) is 8.65. The number of nitriles is 1. The Morgan fingerprint density at radius 3 is 2.46 bits per heavy atom. The topological polar surface area (TPSA) is 79.2 Å². The summed E-state index contributed by atoms with van der Waals surface area (Å²) >= 11 is 0. The van der Waals surface area contributed by atoms with Gasteiger partial charge in [0.05, 0.1) is 17.2 Å². The number of benzene rings is 3. The Bertz CT molecular complexity index is 1050. The van der Waals surface area contributed by atoms with Gasteiger partial charge in [0.1, 0.15) is 6.61 Å². The van der Waals surface area contributed by atoms with E-state index in [9.17, 15) is 14.9 Å². The first-order valence-electron chi connectivity index (χ1n) is 8.70. The Hall–Kier alpha value is -3.91. The molecule has 0 saturated heterocycles. The highest BCUT2D eigenvalue weighted by Crippen LogP contribution is 2.23. The molecule has 0 aliphatic heterocycles. The maximum absolute atomic E-state index is 12.3. The van der Waals surface area contributed by atoms with E-state index in [1.807, 2.05) is 42.5 Å². The molecular weight excluding hydrogens is 352 g/mol. The molecule has 5 heteroatoms. The molecule has 3 aromatic rings. The highest BCUT2D eigenvalue weighted by Gasteiger charge is 2.09. The number of hydrogen-bond acceptors (Lipinski definition) is 4. The molecular formula is C23H18N2O3. The van der Waals surface area contributed by atoms with E-state index >= 15 is 0 Å². The Labute approximate surface area is 163 Å². The lowest BCUT2D eigenvalue weighted by Crippen LogP contribution is -2.08. The molecule has 0 aromatic heterocycles. The second-order valence-corrected chi connectivity index (χ2v) is 6.19. The maximum atomic E-state index is 12.3. The minimum Gasteiger partial charge on any atom is -0.457 e. The number of anilines is 1. The van der Waals surface area contributed by atoms with Gasteiger partial charge in [0, 0.05) is 12.6 Å². The van der Waals surface area contributed by atoms with Gasteiger partial charge in [-0.3, -0.25) is 4.79 Å². The number of nitrogens with zero attached hydrogens (tertiary/aromatic N) is 1. The highest BCUT2D eigenvalue weighted by molar-refractivity contribution is 5.93. The van der Waals surface area contributed by atoms with Gasteiger partial charge < -0.3 is 10.1 Å². The van der Waals surface area contributed by atoms with E-state index in [4.69, 9.17) is 4.74 Å². The van der Waals surface area contributed by atoms with Crippen molar-refractivity contribution in [2.45, 2.75) is 13.5 Å². The van der Waals surface area contributed by atoms with Crippen molar-refractivity contribution in [3.05, 3.63) is 89.5 Å². The molecule has 0 fully saturated rings. The number of amides is 1. The summed E-state index contributed by atoms with van der Waals surface area (Å²) in [5, 5.41) is 11.9. The van der Waals surface area contributed by atoms with Crippen LogP contribution in [0.1, 0.15) is 28.4 Å². The van der Waals surface area contributed by atoms with Crippen LogP contribution >= 0.6 is 0 Å². The quantitative estimate of drug-likeness (QED) is 0.669. The van der Waals surface area contributed by atoms with Gasteiger partial charge in [-0.2, -0.15) is 5.26 Å². The lowest BCUT2D eigenvalue weighted by Gasteiger charge is -2.08. The van der Waals surface area contributed by atoms with Gasteiger partial charge in [0.25, 0.3) is 0 Å². The minimum atomic E-state index is -0.467. The van der Waals surface area contributed by atoms with Gasteiger partial charge in [-0.25, -0.2) is 4.79 Å². The van der Waals surface area contributed by atoms with Gasteiger partial charge in [-0.05, 0) is 41.0 Å². The second-order valence-electron chi connectivity index (χ2n) is 6.19. The number of rotatable bonds is 5. The maximum Gasteiger partial charge on any atom is 0.338 e. The number of nitrogens with one attached hydrogen (secondary N) is 1. The smallest absolute Gasteiger partial charge is 0.338 e. The Balaban J connectivity index is 1.66. The van der Waals surface area contributed by atoms with E-state index in [1.165, 1.54) is 6.92 Å². The number of hydrogen-bond donors (Lipinski definition) is 1. The van der Waals surface area contributed by atoms with Crippen molar-refractivity contribution >= 4 is 17.6 Å². The first kappa shape index (κ1) is 18.9. The molecule has 28 heavy (non-hydrogen) atoms. The van der Waals surface area contributed by atoms with E-state index in [2.05, 4.69) is 11.4 Å². The van der Waals surface area contributed by atoms with Crippen molar-refractivity contribution < 1.29 is 14.3 Å². The van der Waals surface area contributed by atoms with Crippen LogP contribution in [0, 0.1) is 11.3 Å². The first-order valence-corrected chi connectivity index (χ1v) is 8.70. The summed E-state index contributed by atoms with van der Waals surface area (Å²) in [6.07, 6.45) is 0. The molecule has 0 spiro atoms. The molecule has 0 aliphatic rings. The first-order chi connectivity index (χ1) is 13.6. The molecule has 0 bridgehead atoms. The summed E-state index contributed by atoms with van der Waals surface area (Å²) in [7, 11) is 0. The van der Waals surface area contributed by atoms with E-state index in [0.717, 1.165) is 16.7 Å². The van der Waals surface area contributed by atoms with Crippen molar-refractivity contribution in [3.8, 4) is 17.2 Å². The average Bonchev–Trinajstić information content (AvgIpc) is 2.72. The summed E-state index contributed by atoms with van der Waals surface area (Å²) < 4.78 is 5.36. The highest BCUT2D eigenvalue weighted by atomic mass is 16.5. The van der Waals surface area contributed by atoms with Gasteiger partial charge in [0.15, 0.2) is 0 Å². The normalized spacial score (nSPS) is 10.0. The van der Waals surface area contributed by atoms with Crippen LogP contribution in [-0.4, -0.2) is 11.9 Å². The molecule has 0 radical (unpaired) electrons. The van der Waals surface area contributed by atoms with Crippen LogP contribution in [0.4, 0.5) is 5.69 Å². The Morgan fingerprint density at radius 2 is 1.75 bits per heavy atom. The zero-order chi connectivity index (χ0) is 19.9. The van der Waals surface area contributed by atoms with Crippen molar-refractivity contribution in [3.63, 3.8) is 0 Å². The van der Waals surface area contributed by atoms with Crippen LogP contribution < -0.4 is 5.32 Å². The number of esters is 1. The predicted molar refractivity (Wildman–Crippen MR) is 106 cm³/mol. The third kappa shape index (κ3) is 4.63. The fourth-order valence-electron chi connectivity index (χ4n) is 2.77. The van der Waals surface area contributed by atoms with E-state index in [0.29, 0.717) is 16.8 Å². The van der Waals surface area contributed by atoms with Crippen LogP contribution in [0.25, 0.3) is 11.1 Å². The summed E-state index contributed by atoms with van der Waals surface area (Å²) in [6, 6.07) is 23.7. The molecule has 0 saturated carbocycles. The number of ether oxygens (including phenoxy) is 1. The van der Waals surface area contributed by atoms with Crippen molar-refractivity contribution in [1.82, 2.24) is 0 Å². The van der Waals surface area contributed by atoms with Crippen molar-refractivity contribution in [2.24, 2.45) is 0 Å². The predicted octanol–water partition coefficient (Wildman–Crippen LogP) is 4.54. The minimum absolute atomic E-state index is 0.128. The van der Waals surface area contributed by atoms with E-state index in [1.54, 1.807) is 30.3 Å². The summed E-state index contributed by atoms with van der Waals surface area (Å²) in [5.41, 5.74) is 4.15. The van der Waals surface area contributed by atoms with Crippen molar-refractivity contribution in [2.75, 3.05) is 5.32 Å². The van der Waals surface area contributed by atoms with Crippen LogP contribution in [-0.2, 0) is 16.1 Å². The third-order valence-corrected chi connectivity index (χ3v) is 4.10. The molecule has 138 valence electrons. The molecule has 1 amide bonds. The van der Waals surface area contributed by atoms with Crippen LogP contribution in [0.2, 0.25) is 0 Å². The standard InChI is InChI=1S/C23H18N2O3/c1-16(26)25-21-7-4-6-19(13-21)23(27)28-15-17-9-11-18(12-10-17)22-8-3-2-5-20(22)14-24/h2-13H,15H2,1H3,(H,25,26). The van der Waals surface area contributed by atoms with Crippen LogP contribution in [0.5, 0.6) is 0 Å². The largest absolute Gasteiger partial charge is 0.457 e. The molecule has 0 aliphatic carbocycles. The van der Waals surface area contributed by atoms with E-state index in [-0.39, 0.29) is 12.5 Å². The molecule has 0 unspecified atom stereocenters. The lowest BCUT2D eigenvalue weighted by atomic mass is 9.99. The van der Waals surface area contributed by atoms with Gasteiger partial charge in [0.2, 0.25) is 5.91 Å². The monoisotopic (exact) mass is 370 g/mol. The zero-order valence-corrected chi connectivity index (χ0v) is 15.3. The van der Waals surface area contributed by atoms with Gasteiger partial charge in [-0.15, -0.1) is 0 Å². The number of carbonyl (C=O) groups excluding carboxylic acids is 2. The summed E-state index contributed by atoms with van der Waals surface area (Å²) in [6.45, 7) is 1.53. The molecule has 5 nitrogen and oxygen atoms in total. The van der Waals surface area contributed by atoms with Crippen LogP contribution in [0.3, 0.4) is 0 Å². The fourth-order valence-corrected chi connectivity index (χ4v) is 2.77. The fraction of sp³-hybridized carbons (Fsp3) is 0.0870. The molecule has 3 rings (SSSR count). The molecule has 0 atom stereocenters. The lowest BCUT2D eigenvalue weighted by molar-refractivity contribution is -0.114. The van der Waals surface area contributed by atoms with E-state index < -0.39 is 5.97 Å². The van der Waals surface area contributed by atoms with Gasteiger partial charge >= 0.3 is 5.97 Å².